The molecule has 2 rings (SSSR count). The second-order valence-corrected chi connectivity index (χ2v) is 3.77. The van der Waals surface area contributed by atoms with Gasteiger partial charge in [-0.1, -0.05) is 6.42 Å². The van der Waals surface area contributed by atoms with Gasteiger partial charge in [0.05, 0.1) is 0 Å². The topological polar surface area (TPSA) is 81.6 Å². The molecular weight excluding hydrogens is 192 g/mol. The van der Waals surface area contributed by atoms with Crippen molar-refractivity contribution in [1.82, 2.24) is 9.97 Å². The second kappa shape index (κ2) is 4.13. The van der Waals surface area contributed by atoms with Crippen molar-refractivity contribution in [2.75, 3.05) is 11.9 Å². The van der Waals surface area contributed by atoms with Crippen molar-refractivity contribution in [2.45, 2.75) is 19.3 Å². The fourth-order valence-corrected chi connectivity index (χ4v) is 1.55. The summed E-state index contributed by atoms with van der Waals surface area (Å²) in [7, 11) is 0. The van der Waals surface area contributed by atoms with Crippen molar-refractivity contribution >= 4 is 5.82 Å². The van der Waals surface area contributed by atoms with Crippen LogP contribution in [0, 0.1) is 17.2 Å². The SMILES string of the molecule is N#Cc1cc(NCC2CCC2)nc(=O)[nH]1. The van der Waals surface area contributed by atoms with Crippen LogP contribution in [-0.4, -0.2) is 16.5 Å². The van der Waals surface area contributed by atoms with Crippen LogP contribution >= 0.6 is 0 Å². The first-order chi connectivity index (χ1) is 7.28. The lowest BCUT2D eigenvalue weighted by molar-refractivity contribution is 0.333. The molecule has 0 atom stereocenters. The molecule has 5 nitrogen and oxygen atoms in total. The molecule has 0 amide bonds. The highest BCUT2D eigenvalue weighted by Gasteiger charge is 2.16. The number of anilines is 1. The van der Waals surface area contributed by atoms with Gasteiger partial charge in [-0.25, -0.2) is 4.79 Å². The van der Waals surface area contributed by atoms with Crippen molar-refractivity contribution in [3.8, 4) is 6.07 Å². The van der Waals surface area contributed by atoms with E-state index in [0.29, 0.717) is 11.7 Å². The Morgan fingerprint density at radius 3 is 3.07 bits per heavy atom. The van der Waals surface area contributed by atoms with Crippen LogP contribution in [0.15, 0.2) is 10.9 Å². The third-order valence-corrected chi connectivity index (χ3v) is 2.66. The number of nitrogens with one attached hydrogen (secondary N) is 2. The molecule has 5 heteroatoms. The molecule has 1 aromatic rings. The van der Waals surface area contributed by atoms with E-state index >= 15 is 0 Å². The minimum atomic E-state index is -0.481. The van der Waals surface area contributed by atoms with E-state index in [-0.39, 0.29) is 5.69 Å². The van der Waals surface area contributed by atoms with Crippen LogP contribution in [0.1, 0.15) is 25.0 Å². The highest BCUT2D eigenvalue weighted by Crippen LogP contribution is 2.26. The maximum atomic E-state index is 11.0. The maximum absolute atomic E-state index is 11.0. The molecule has 2 N–H and O–H groups in total. The zero-order valence-electron chi connectivity index (χ0n) is 8.29. The van der Waals surface area contributed by atoms with E-state index in [9.17, 15) is 4.79 Å². The Hall–Kier alpha value is -1.83. The first kappa shape index (κ1) is 9.71. The molecule has 0 aliphatic heterocycles. The number of hydrogen-bond acceptors (Lipinski definition) is 4. The average Bonchev–Trinajstić information content (AvgIpc) is 2.14. The molecular formula is C10H12N4O. The van der Waals surface area contributed by atoms with Gasteiger partial charge in [0.25, 0.3) is 0 Å². The largest absolute Gasteiger partial charge is 0.370 e. The van der Waals surface area contributed by atoms with Crippen LogP contribution in [0.5, 0.6) is 0 Å². The molecule has 15 heavy (non-hydrogen) atoms. The molecule has 78 valence electrons. The number of H-pyrrole nitrogens is 1. The second-order valence-electron chi connectivity index (χ2n) is 3.77. The Bertz CT molecular complexity index is 441. The van der Waals surface area contributed by atoms with Gasteiger partial charge in [0.15, 0.2) is 0 Å². The first-order valence-corrected chi connectivity index (χ1v) is 5.03. The Balaban J connectivity index is 2.03. The van der Waals surface area contributed by atoms with Crippen LogP contribution in [0.2, 0.25) is 0 Å². The van der Waals surface area contributed by atoms with E-state index < -0.39 is 5.69 Å². The van der Waals surface area contributed by atoms with Crippen molar-refractivity contribution in [1.29, 1.82) is 5.26 Å². The molecule has 1 aromatic heterocycles. The van der Waals surface area contributed by atoms with Crippen molar-refractivity contribution in [2.24, 2.45) is 5.92 Å². The molecule has 0 saturated heterocycles. The van der Waals surface area contributed by atoms with Crippen molar-refractivity contribution < 1.29 is 0 Å². The number of rotatable bonds is 3. The number of aromatic amines is 1. The van der Waals surface area contributed by atoms with E-state index in [1.54, 1.807) is 6.07 Å². The van der Waals surface area contributed by atoms with E-state index in [2.05, 4.69) is 15.3 Å². The molecule has 1 aliphatic carbocycles. The zero-order chi connectivity index (χ0) is 10.7. The van der Waals surface area contributed by atoms with E-state index in [1.807, 2.05) is 6.07 Å². The van der Waals surface area contributed by atoms with Crippen LogP contribution in [-0.2, 0) is 0 Å². The van der Waals surface area contributed by atoms with E-state index in [1.165, 1.54) is 19.3 Å². The van der Waals surface area contributed by atoms with Gasteiger partial charge in [-0.05, 0) is 18.8 Å². The molecule has 1 heterocycles. The van der Waals surface area contributed by atoms with Gasteiger partial charge in [0.1, 0.15) is 17.6 Å². The summed E-state index contributed by atoms with van der Waals surface area (Å²) in [6.07, 6.45) is 3.77. The van der Waals surface area contributed by atoms with Gasteiger partial charge in [0.2, 0.25) is 0 Å². The Morgan fingerprint density at radius 2 is 2.47 bits per heavy atom. The van der Waals surface area contributed by atoms with Crippen molar-refractivity contribution in [3.05, 3.63) is 22.2 Å². The maximum Gasteiger partial charge on any atom is 0.347 e. The Labute approximate surface area is 87.2 Å². The Kier molecular flexibility index (Phi) is 2.68. The van der Waals surface area contributed by atoms with E-state index in [4.69, 9.17) is 5.26 Å². The molecule has 0 spiro atoms. The molecule has 1 fully saturated rings. The van der Waals surface area contributed by atoms with Crippen molar-refractivity contribution in [3.63, 3.8) is 0 Å². The highest BCUT2D eigenvalue weighted by molar-refractivity contribution is 5.38. The first-order valence-electron chi connectivity index (χ1n) is 5.03. The predicted molar refractivity (Wildman–Crippen MR) is 55.4 cm³/mol. The van der Waals surface area contributed by atoms with Crippen LogP contribution in [0.4, 0.5) is 5.82 Å². The third-order valence-electron chi connectivity index (χ3n) is 2.66. The summed E-state index contributed by atoms with van der Waals surface area (Å²) in [5.74, 6) is 1.18. The molecule has 0 aromatic carbocycles. The molecule has 1 aliphatic rings. The summed E-state index contributed by atoms with van der Waals surface area (Å²) in [4.78, 5) is 17.1. The molecule has 1 saturated carbocycles. The van der Waals surface area contributed by atoms with Gasteiger partial charge < -0.3 is 5.32 Å². The van der Waals surface area contributed by atoms with Gasteiger partial charge in [0, 0.05) is 12.6 Å². The lowest BCUT2D eigenvalue weighted by Gasteiger charge is -2.25. The minimum absolute atomic E-state index is 0.242. The van der Waals surface area contributed by atoms with Crippen LogP contribution < -0.4 is 11.0 Å². The van der Waals surface area contributed by atoms with Crippen LogP contribution in [0.3, 0.4) is 0 Å². The van der Waals surface area contributed by atoms with E-state index in [0.717, 1.165) is 6.54 Å². The fraction of sp³-hybridized carbons (Fsp3) is 0.500. The quantitative estimate of drug-likeness (QED) is 0.764. The fourth-order valence-electron chi connectivity index (χ4n) is 1.55. The summed E-state index contributed by atoms with van der Waals surface area (Å²) >= 11 is 0. The summed E-state index contributed by atoms with van der Waals surface area (Å²) in [5.41, 5.74) is -0.240. The zero-order valence-corrected chi connectivity index (χ0v) is 8.29. The average molecular weight is 204 g/mol. The van der Waals surface area contributed by atoms with Gasteiger partial charge in [-0.3, -0.25) is 4.98 Å². The summed E-state index contributed by atoms with van der Waals surface area (Å²) in [5, 5.41) is 11.7. The molecule has 0 radical (unpaired) electrons. The van der Waals surface area contributed by atoms with Gasteiger partial charge in [-0.2, -0.15) is 10.2 Å². The molecule has 0 bridgehead atoms. The smallest absolute Gasteiger partial charge is 0.347 e. The third kappa shape index (κ3) is 2.34. The van der Waals surface area contributed by atoms with Crippen LogP contribution in [0.25, 0.3) is 0 Å². The molecule has 0 unspecified atom stereocenters. The summed E-state index contributed by atoms with van der Waals surface area (Å²) < 4.78 is 0. The predicted octanol–water partition coefficient (Wildman–Crippen LogP) is 0.854. The van der Waals surface area contributed by atoms with Gasteiger partial charge in [-0.15, -0.1) is 0 Å². The number of hydrogen-bond donors (Lipinski definition) is 2. The lowest BCUT2D eigenvalue weighted by atomic mass is 9.85. The summed E-state index contributed by atoms with van der Waals surface area (Å²) in [6.45, 7) is 0.835. The Morgan fingerprint density at radius 1 is 1.67 bits per heavy atom. The summed E-state index contributed by atoms with van der Waals surface area (Å²) in [6, 6.07) is 3.44. The number of nitrogens with zero attached hydrogens (tertiary/aromatic N) is 2. The standard InChI is InChI=1S/C10H12N4O/c11-5-8-4-9(14-10(15)13-8)12-6-7-2-1-3-7/h4,7H,1-3,6H2,(H2,12,13,14,15). The van der Waals surface area contributed by atoms with Gasteiger partial charge >= 0.3 is 5.69 Å². The highest BCUT2D eigenvalue weighted by atomic mass is 16.1. The number of aromatic nitrogens is 2. The monoisotopic (exact) mass is 204 g/mol. The number of nitriles is 1. The normalized spacial score (nSPS) is 15.4. The minimum Gasteiger partial charge on any atom is -0.370 e. The lowest BCUT2D eigenvalue weighted by Crippen LogP contribution is -2.23.